The van der Waals surface area contributed by atoms with Gasteiger partial charge >= 0.3 is 253 Å². The summed E-state index contributed by atoms with van der Waals surface area (Å²) >= 11 is 3.63. The van der Waals surface area contributed by atoms with E-state index in [0.29, 0.717) is 5.56 Å². The van der Waals surface area contributed by atoms with E-state index in [-0.39, 0.29) is 29.1 Å². The Labute approximate surface area is 251 Å². The third-order valence-corrected chi connectivity index (χ3v) is 9.65. The van der Waals surface area contributed by atoms with Crippen LogP contribution < -0.4 is 10.1 Å². The Hall–Kier alpha value is -0.680. The number of carbonyl (C=O) groups is 3. The van der Waals surface area contributed by atoms with Crippen molar-refractivity contribution in [2.45, 2.75) is 37.3 Å². The molecule has 2 amide bonds. The predicted octanol–water partition coefficient (Wildman–Crippen LogP) is -2.06. The molecule has 1 aromatic rings. The summed E-state index contributed by atoms with van der Waals surface area (Å²) in [5.41, 5.74) is -0.309. The van der Waals surface area contributed by atoms with Crippen molar-refractivity contribution < 1.29 is 52.7 Å². The second-order valence-electron chi connectivity index (χ2n) is 7.78. The fraction of sp³-hybridized carbons (Fsp3) is 0.471. The zero-order valence-electron chi connectivity index (χ0n) is 19.9. The van der Waals surface area contributed by atoms with Crippen LogP contribution in [0, 0.1) is 0 Å². The van der Waals surface area contributed by atoms with Gasteiger partial charge in [-0.1, -0.05) is 0 Å². The third kappa shape index (κ3) is 9.18. The van der Waals surface area contributed by atoms with Crippen LogP contribution in [0.3, 0.4) is 0 Å². The number of nitrogens with zero attached hydrogens (tertiary/aromatic N) is 1. The summed E-state index contributed by atoms with van der Waals surface area (Å²) in [7, 11) is 2.33. The van der Waals surface area contributed by atoms with Crippen LogP contribution in [0.1, 0.15) is 5.56 Å². The first-order valence-electron chi connectivity index (χ1n) is 10.7. The fourth-order valence-electron chi connectivity index (χ4n) is 3.10. The van der Waals surface area contributed by atoms with Crippen LogP contribution in [0.5, 0.6) is 5.75 Å². The van der Waals surface area contributed by atoms with Crippen LogP contribution in [0.4, 0.5) is 10.5 Å². The Balaban J connectivity index is 2.24. The maximum absolute atomic E-state index is 12.6. The van der Waals surface area contributed by atoms with Crippen LogP contribution >= 0.6 is 51.4 Å². The van der Waals surface area contributed by atoms with Crippen LogP contribution in [0.25, 0.3) is 0 Å². The van der Waals surface area contributed by atoms with Gasteiger partial charge in [0, 0.05) is 0 Å². The molecule has 21 heteroatoms. The van der Waals surface area contributed by atoms with Gasteiger partial charge in [-0.2, -0.15) is 0 Å². The average Bonchev–Trinajstić information content (AvgIpc) is 2.89. The van der Waals surface area contributed by atoms with Crippen molar-refractivity contribution in [3.05, 3.63) is 23.8 Å². The number of amides is 2. The Kier molecular flexibility index (Phi) is 14.1. The van der Waals surface area contributed by atoms with Gasteiger partial charge < -0.3 is 0 Å². The molecule has 1 saturated heterocycles. The normalized spacial score (nSPS) is 23.3. The molecule has 0 aliphatic carbocycles. The van der Waals surface area contributed by atoms with Gasteiger partial charge in [-0.25, -0.2) is 0 Å². The summed E-state index contributed by atoms with van der Waals surface area (Å²) < 4.78 is 26.1. The van der Waals surface area contributed by atoms with E-state index in [9.17, 15) is 39.0 Å². The SMILES string of the molecule is B/B=S(\I)OC(=O)N(C)CC(=O)Nc1cc(CO)ccc1O[C@@H]1OC(C(=O)B(I)B=S=O)[C@@H](O)[C@H](O)C1O. The Morgan fingerprint density at radius 3 is 2.58 bits per heavy atom. The molecule has 1 aliphatic rings. The Bertz CT molecular complexity index is 1130. The van der Waals surface area contributed by atoms with Crippen molar-refractivity contribution in [1.82, 2.24) is 4.90 Å². The summed E-state index contributed by atoms with van der Waals surface area (Å²) in [6.45, 7) is -0.773. The molecule has 2 rings (SSSR count). The monoisotopic (exact) mass is 792 g/mol. The van der Waals surface area contributed by atoms with E-state index in [1.807, 2.05) is 21.2 Å². The van der Waals surface area contributed by atoms with Crippen LogP contribution in [-0.2, 0) is 36.2 Å². The van der Waals surface area contributed by atoms with Crippen molar-refractivity contribution in [2.75, 3.05) is 18.9 Å². The number of hydrogen-bond donors (Lipinski definition) is 5. The van der Waals surface area contributed by atoms with E-state index in [1.165, 1.54) is 25.2 Å². The summed E-state index contributed by atoms with van der Waals surface area (Å²) in [6.07, 6.45) is -9.42. The van der Waals surface area contributed by atoms with Gasteiger partial charge in [0.15, 0.2) is 0 Å². The molecule has 3 unspecified atom stereocenters. The summed E-state index contributed by atoms with van der Waals surface area (Å²) in [6, 6.07) is 6.94. The van der Waals surface area contributed by atoms with Crippen LogP contribution in [0.15, 0.2) is 18.2 Å². The van der Waals surface area contributed by atoms with E-state index < -0.39 is 67.2 Å². The number of hydrogen-bond acceptors (Lipinski definition) is 11. The number of halogens is 2. The molecule has 13 nitrogen and oxygen atoms in total. The van der Waals surface area contributed by atoms with Gasteiger partial charge in [0.05, 0.1) is 0 Å². The Morgan fingerprint density at radius 1 is 1.29 bits per heavy atom. The maximum atomic E-state index is 12.6. The molecule has 0 bridgehead atoms. The summed E-state index contributed by atoms with van der Waals surface area (Å²) in [5, 5.41) is 43.1. The minimum absolute atomic E-state index is 0.0287. The topological polar surface area (TPSA) is 192 Å². The van der Waals surface area contributed by atoms with E-state index in [1.54, 1.807) is 36.2 Å². The zero-order chi connectivity index (χ0) is 28.6. The molecule has 1 fully saturated rings. The number of aliphatic hydroxyl groups is 4. The van der Waals surface area contributed by atoms with Crippen molar-refractivity contribution >= 4 is 110 Å². The molecule has 1 aromatic carbocycles. The van der Waals surface area contributed by atoms with Crippen LogP contribution in [-0.4, -0.2) is 116 Å². The molecule has 6 atom stereocenters. The molecule has 0 aromatic heterocycles. The summed E-state index contributed by atoms with van der Waals surface area (Å²) in [5.74, 6) is -0.716. The fourth-order valence-corrected chi connectivity index (χ4v) is 4.87. The molecule has 38 heavy (non-hydrogen) atoms. The van der Waals surface area contributed by atoms with E-state index in [2.05, 4.69) is 5.32 Å². The first-order chi connectivity index (χ1) is 17.9. The number of benzene rings is 1. The van der Waals surface area contributed by atoms with Crippen molar-refractivity contribution in [3.63, 3.8) is 0 Å². The Morgan fingerprint density at radius 2 is 1.97 bits per heavy atom. The van der Waals surface area contributed by atoms with Gasteiger partial charge in [0.1, 0.15) is 0 Å². The second kappa shape index (κ2) is 15.9. The number of carbonyl (C=O) groups excluding carboxylic acids is 3. The van der Waals surface area contributed by atoms with Gasteiger partial charge in [0.25, 0.3) is 0 Å². The quantitative estimate of drug-likeness (QED) is 0.129. The number of anilines is 1. The number of rotatable bonds is 10. The number of ether oxygens (including phenoxy) is 2. The number of nitrogens with one attached hydrogen (secondary N) is 1. The second-order valence-corrected chi connectivity index (χ2v) is 13.3. The first kappa shape index (κ1) is 33.5. The molecule has 1 aliphatic heterocycles. The molecule has 0 spiro atoms. The average molecular weight is 792 g/mol. The van der Waals surface area contributed by atoms with Crippen molar-refractivity contribution in [1.29, 1.82) is 0 Å². The third-order valence-electron chi connectivity index (χ3n) is 5.07. The standard InChI is InChI=1S/C17H22B4I2N2O11S2/c1-25(17(32)36-38(23)19-18)5-10(27)24-8-4-7(6-26)2-3-9(8)34-16-13(30)11(28)12(29)14(35-16)15(31)21(22)20-37-33/h2-4,11-14,16,26,28-30H,5-6,18H2,1H3,(H,24,27)/t11-,12-,13?,14?,16+,38?/m0/s1. The first-order valence-corrected chi connectivity index (χ1v) is 16.6. The van der Waals surface area contributed by atoms with E-state index >= 15 is 0 Å². The molecule has 0 radical (unpaired) electrons. The van der Waals surface area contributed by atoms with Gasteiger partial charge in [-0.15, -0.1) is 0 Å². The zero-order valence-corrected chi connectivity index (χ0v) is 25.9. The molecule has 204 valence electrons. The van der Waals surface area contributed by atoms with Crippen LogP contribution in [0.2, 0.25) is 0 Å². The van der Waals surface area contributed by atoms with Crippen molar-refractivity contribution in [2.24, 2.45) is 0 Å². The molecule has 1 heterocycles. The van der Waals surface area contributed by atoms with E-state index in [4.69, 9.17) is 13.7 Å². The van der Waals surface area contributed by atoms with Gasteiger partial charge in [-0.3, -0.25) is 0 Å². The molecular formula is C17H22B4I2N2O11S2. The van der Waals surface area contributed by atoms with Gasteiger partial charge in [0.2, 0.25) is 0 Å². The number of likely N-dealkylation sites (N-methyl/N-ethyl adjacent to an activating group) is 1. The predicted molar refractivity (Wildman–Crippen MR) is 162 cm³/mol. The molecule has 5 N–H and O–H groups in total. The van der Waals surface area contributed by atoms with E-state index in [0.717, 1.165) is 10.9 Å². The summed E-state index contributed by atoms with van der Waals surface area (Å²) in [4.78, 5) is 38.4. The van der Waals surface area contributed by atoms with Gasteiger partial charge in [-0.05, 0) is 0 Å². The minimum atomic E-state index is -1.83. The molecule has 0 saturated carbocycles. The number of aliphatic hydroxyl groups excluding tert-OH is 4. The molecular weight excluding hydrogens is 769 g/mol. The van der Waals surface area contributed by atoms with Crippen molar-refractivity contribution in [3.8, 4) is 5.75 Å².